The Balaban J connectivity index is 1.56. The molecule has 0 radical (unpaired) electrons. The third kappa shape index (κ3) is 4.94. The molecule has 11 heteroatoms. The van der Waals surface area contributed by atoms with E-state index in [-0.39, 0.29) is 12.3 Å². The molecule has 0 saturated heterocycles. The number of nitro benzene ring substituents is 1. The molecule has 0 bridgehead atoms. The number of halogens is 2. The van der Waals surface area contributed by atoms with E-state index in [0.717, 1.165) is 10.2 Å². The van der Waals surface area contributed by atoms with Crippen molar-refractivity contribution in [3.63, 3.8) is 0 Å². The Morgan fingerprint density at radius 3 is 2.39 bits per heavy atom. The van der Waals surface area contributed by atoms with Crippen LogP contribution in [0.3, 0.4) is 0 Å². The summed E-state index contributed by atoms with van der Waals surface area (Å²) in [6.07, 6.45) is 1.39. The predicted molar refractivity (Wildman–Crippen MR) is 131 cm³/mol. The molecule has 4 rings (SSSR count). The van der Waals surface area contributed by atoms with Crippen molar-refractivity contribution in [1.82, 2.24) is 9.66 Å². The zero-order chi connectivity index (χ0) is 23.5. The summed E-state index contributed by atoms with van der Waals surface area (Å²) in [6.45, 7) is 0.199. The normalized spacial score (nSPS) is 11.2. The van der Waals surface area contributed by atoms with Crippen LogP contribution in [0.2, 0.25) is 0 Å². The number of nitro groups is 1. The van der Waals surface area contributed by atoms with E-state index in [1.807, 2.05) is 0 Å². The van der Waals surface area contributed by atoms with E-state index in [1.54, 1.807) is 48.5 Å². The molecular formula is C22H14Br2N4O5. The lowest BCUT2D eigenvalue weighted by Crippen LogP contribution is -2.32. The molecule has 33 heavy (non-hydrogen) atoms. The molecular weight excluding hydrogens is 560 g/mol. The number of ether oxygens (including phenoxy) is 1. The maximum Gasteiger partial charge on any atom is 0.349 e. The van der Waals surface area contributed by atoms with Gasteiger partial charge in [-0.2, -0.15) is 5.10 Å². The van der Waals surface area contributed by atoms with Crippen molar-refractivity contribution in [1.29, 1.82) is 0 Å². The Bertz CT molecular complexity index is 1490. The van der Waals surface area contributed by atoms with Crippen LogP contribution in [0.25, 0.3) is 10.9 Å². The van der Waals surface area contributed by atoms with Gasteiger partial charge in [-0.1, -0.05) is 12.1 Å². The minimum absolute atomic E-state index is 0.00843. The zero-order valence-corrected chi connectivity index (χ0v) is 19.9. The summed E-state index contributed by atoms with van der Waals surface area (Å²) in [4.78, 5) is 37.8. The first-order chi connectivity index (χ1) is 15.8. The second-order valence-electron chi connectivity index (χ2n) is 6.86. The van der Waals surface area contributed by atoms with E-state index in [4.69, 9.17) is 4.74 Å². The third-order valence-corrected chi connectivity index (χ3v) is 5.84. The highest BCUT2D eigenvalue weighted by molar-refractivity contribution is 9.11. The lowest BCUT2D eigenvalue weighted by molar-refractivity contribution is -0.384. The summed E-state index contributed by atoms with van der Waals surface area (Å²) in [5.74, 6) is 0.520. The van der Waals surface area contributed by atoms with Gasteiger partial charge in [0, 0.05) is 12.1 Å². The molecule has 0 aliphatic carbocycles. The highest BCUT2D eigenvalue weighted by Gasteiger charge is 2.11. The second kappa shape index (κ2) is 9.51. The summed E-state index contributed by atoms with van der Waals surface area (Å²) in [5, 5.41) is 15.2. The number of nitrogens with zero attached hydrogens (tertiary/aromatic N) is 3. The molecule has 0 spiro atoms. The standard InChI is InChI=1S/C22H14Br2N4O5/c23-17-9-14(11-25-27-21(29)16-3-1-2-4-19(16)26-22(27)30)10-18(24)20(17)33-12-13-5-7-15(8-6-13)28(31)32/h1-11H,12H2,(H,26,30). The Morgan fingerprint density at radius 2 is 1.73 bits per heavy atom. The van der Waals surface area contributed by atoms with Gasteiger partial charge in [-0.05, 0) is 79.4 Å². The van der Waals surface area contributed by atoms with E-state index in [2.05, 4.69) is 41.9 Å². The number of rotatable bonds is 6. The molecule has 0 saturated carbocycles. The van der Waals surface area contributed by atoms with Crippen molar-refractivity contribution in [2.45, 2.75) is 6.61 Å². The van der Waals surface area contributed by atoms with Crippen molar-refractivity contribution < 1.29 is 9.66 Å². The van der Waals surface area contributed by atoms with E-state index in [1.165, 1.54) is 18.3 Å². The number of para-hydroxylation sites is 1. The maximum absolute atomic E-state index is 12.6. The van der Waals surface area contributed by atoms with Crippen molar-refractivity contribution in [2.24, 2.45) is 5.10 Å². The SMILES string of the molecule is O=c1[nH]c2ccccc2c(=O)n1N=Cc1cc(Br)c(OCc2ccc([N+](=O)[O-])cc2)c(Br)c1. The first-order valence-corrected chi connectivity index (χ1v) is 11.1. The molecule has 0 amide bonds. The molecule has 166 valence electrons. The fourth-order valence-corrected chi connectivity index (χ4v) is 4.49. The van der Waals surface area contributed by atoms with Gasteiger partial charge in [-0.3, -0.25) is 14.9 Å². The molecule has 4 aromatic rings. The summed E-state index contributed by atoms with van der Waals surface area (Å²) < 4.78 is 7.83. The molecule has 0 unspecified atom stereocenters. The van der Waals surface area contributed by atoms with Crippen LogP contribution >= 0.6 is 31.9 Å². The molecule has 1 N–H and O–H groups in total. The largest absolute Gasteiger partial charge is 0.487 e. The number of aromatic nitrogens is 2. The first kappa shape index (κ1) is 22.6. The number of fused-ring (bicyclic) bond motifs is 1. The van der Waals surface area contributed by atoms with Crippen molar-refractivity contribution >= 4 is 54.7 Å². The van der Waals surface area contributed by atoms with Crippen molar-refractivity contribution in [3.05, 3.63) is 112 Å². The highest BCUT2D eigenvalue weighted by Crippen LogP contribution is 2.35. The topological polar surface area (TPSA) is 120 Å². The number of non-ortho nitro benzene ring substituents is 1. The van der Waals surface area contributed by atoms with Crippen LogP contribution in [0.5, 0.6) is 5.75 Å². The Kier molecular flexibility index (Phi) is 6.52. The first-order valence-electron chi connectivity index (χ1n) is 9.47. The lowest BCUT2D eigenvalue weighted by Gasteiger charge is -2.11. The van der Waals surface area contributed by atoms with Crippen LogP contribution in [0.4, 0.5) is 5.69 Å². The van der Waals surface area contributed by atoms with Gasteiger partial charge in [-0.15, -0.1) is 4.68 Å². The second-order valence-corrected chi connectivity index (χ2v) is 8.57. The predicted octanol–water partition coefficient (Wildman–Crippen LogP) is 4.58. The van der Waals surface area contributed by atoms with Crippen LogP contribution in [0.15, 0.2) is 84.3 Å². The smallest absolute Gasteiger partial charge is 0.349 e. The Hall–Kier alpha value is -3.57. The van der Waals surface area contributed by atoms with Crippen molar-refractivity contribution in [3.8, 4) is 5.75 Å². The summed E-state index contributed by atoms with van der Waals surface area (Å²) >= 11 is 6.90. The van der Waals surface area contributed by atoms with Gasteiger partial charge in [0.05, 0.1) is 31.0 Å². The average Bonchev–Trinajstić information content (AvgIpc) is 2.78. The van der Waals surface area contributed by atoms with Gasteiger partial charge in [0.1, 0.15) is 12.4 Å². The monoisotopic (exact) mass is 572 g/mol. The molecule has 0 atom stereocenters. The summed E-state index contributed by atoms with van der Waals surface area (Å²) in [5.41, 5.74) is 0.659. The molecule has 0 fully saturated rings. The molecule has 9 nitrogen and oxygen atoms in total. The molecule has 3 aromatic carbocycles. The van der Waals surface area contributed by atoms with Crippen LogP contribution in [-0.2, 0) is 6.61 Å². The average molecular weight is 574 g/mol. The van der Waals surface area contributed by atoms with Gasteiger partial charge in [0.2, 0.25) is 0 Å². The molecule has 0 aliphatic heterocycles. The number of hydrogen-bond donors (Lipinski definition) is 1. The van der Waals surface area contributed by atoms with Gasteiger partial charge in [-0.25, -0.2) is 4.79 Å². The van der Waals surface area contributed by atoms with E-state index >= 15 is 0 Å². The fraction of sp³-hybridized carbons (Fsp3) is 0.0455. The number of hydrogen-bond acceptors (Lipinski definition) is 6. The van der Waals surface area contributed by atoms with Crippen molar-refractivity contribution in [2.75, 3.05) is 0 Å². The number of benzene rings is 3. The third-order valence-electron chi connectivity index (χ3n) is 4.66. The minimum atomic E-state index is -0.642. The van der Waals surface area contributed by atoms with Gasteiger partial charge in [0.15, 0.2) is 0 Å². The van der Waals surface area contributed by atoms with Gasteiger partial charge < -0.3 is 9.72 Å². The van der Waals surface area contributed by atoms with Crippen LogP contribution in [0.1, 0.15) is 11.1 Å². The lowest BCUT2D eigenvalue weighted by atomic mass is 10.2. The van der Waals surface area contributed by atoms with Crippen LogP contribution < -0.4 is 16.0 Å². The summed E-state index contributed by atoms with van der Waals surface area (Å²) in [7, 11) is 0. The Morgan fingerprint density at radius 1 is 1.06 bits per heavy atom. The van der Waals surface area contributed by atoms with Gasteiger partial charge in [0.25, 0.3) is 11.2 Å². The number of nitrogens with one attached hydrogen (secondary N) is 1. The minimum Gasteiger partial charge on any atom is -0.487 e. The van der Waals surface area contributed by atoms with Crippen LogP contribution in [0, 0.1) is 10.1 Å². The van der Waals surface area contributed by atoms with E-state index in [9.17, 15) is 19.7 Å². The molecule has 0 aliphatic rings. The fourth-order valence-electron chi connectivity index (χ4n) is 3.04. The van der Waals surface area contributed by atoms with E-state index < -0.39 is 16.2 Å². The molecule has 1 heterocycles. The Labute approximate surface area is 202 Å². The zero-order valence-electron chi connectivity index (χ0n) is 16.7. The summed E-state index contributed by atoms with van der Waals surface area (Å²) in [6, 6.07) is 16.2. The quantitative estimate of drug-likeness (QED) is 0.206. The van der Waals surface area contributed by atoms with Crippen LogP contribution in [-0.4, -0.2) is 20.8 Å². The molecule has 1 aromatic heterocycles. The number of aromatic amines is 1. The number of H-pyrrole nitrogens is 1. The van der Waals surface area contributed by atoms with E-state index in [0.29, 0.717) is 31.2 Å². The maximum atomic E-state index is 12.6. The van der Waals surface area contributed by atoms with Gasteiger partial charge >= 0.3 is 5.69 Å². The highest BCUT2D eigenvalue weighted by atomic mass is 79.9.